The third kappa shape index (κ3) is 2.00. The summed E-state index contributed by atoms with van der Waals surface area (Å²) in [6, 6.07) is 12.6. The van der Waals surface area contributed by atoms with E-state index in [-0.39, 0.29) is 0 Å². The van der Waals surface area contributed by atoms with Crippen molar-refractivity contribution in [2.75, 3.05) is 11.9 Å². The van der Waals surface area contributed by atoms with E-state index < -0.39 is 0 Å². The van der Waals surface area contributed by atoms with E-state index in [1.54, 1.807) is 0 Å². The molecule has 1 unspecified atom stereocenters. The molecule has 3 rings (SSSR count). The standard InChI is InChI=1S/C14H15N3/c1-10-6-7-14(17-16-10)15-9-12-8-11-4-2-3-5-13(11)12/h2-7,12H,8-9H2,1H3,(H,15,17). The number of anilines is 1. The average Bonchev–Trinajstić information content (AvgIpc) is 2.33. The van der Waals surface area contributed by atoms with Crippen molar-refractivity contribution in [3.05, 3.63) is 53.2 Å². The van der Waals surface area contributed by atoms with Crippen LogP contribution in [-0.2, 0) is 6.42 Å². The normalized spacial score (nSPS) is 17.1. The Bertz CT molecular complexity index is 519. The first-order valence-electron chi connectivity index (χ1n) is 5.95. The van der Waals surface area contributed by atoms with Crippen molar-refractivity contribution >= 4 is 5.82 Å². The van der Waals surface area contributed by atoms with E-state index in [0.717, 1.165) is 18.1 Å². The van der Waals surface area contributed by atoms with Crippen LogP contribution in [-0.4, -0.2) is 16.7 Å². The highest BCUT2D eigenvalue weighted by Gasteiger charge is 2.24. The Morgan fingerprint density at radius 2 is 2.06 bits per heavy atom. The molecular weight excluding hydrogens is 210 g/mol. The van der Waals surface area contributed by atoms with Crippen molar-refractivity contribution in [1.82, 2.24) is 10.2 Å². The lowest BCUT2D eigenvalue weighted by atomic mass is 9.78. The zero-order chi connectivity index (χ0) is 11.7. The highest BCUT2D eigenvalue weighted by molar-refractivity contribution is 5.42. The van der Waals surface area contributed by atoms with E-state index in [0.29, 0.717) is 5.92 Å². The number of nitrogens with zero attached hydrogens (tertiary/aromatic N) is 2. The van der Waals surface area contributed by atoms with Gasteiger partial charge in [-0.25, -0.2) is 0 Å². The van der Waals surface area contributed by atoms with Gasteiger partial charge in [-0.1, -0.05) is 24.3 Å². The minimum Gasteiger partial charge on any atom is -0.368 e. The summed E-state index contributed by atoms with van der Waals surface area (Å²) < 4.78 is 0. The Morgan fingerprint density at radius 1 is 1.18 bits per heavy atom. The Labute approximate surface area is 101 Å². The monoisotopic (exact) mass is 225 g/mol. The molecule has 0 radical (unpaired) electrons. The van der Waals surface area contributed by atoms with Gasteiger partial charge in [0.25, 0.3) is 0 Å². The number of benzene rings is 1. The van der Waals surface area contributed by atoms with E-state index in [1.165, 1.54) is 17.5 Å². The first-order chi connectivity index (χ1) is 8.33. The largest absolute Gasteiger partial charge is 0.368 e. The Balaban J connectivity index is 1.62. The molecule has 0 amide bonds. The molecule has 0 saturated carbocycles. The zero-order valence-electron chi connectivity index (χ0n) is 9.85. The van der Waals surface area contributed by atoms with Crippen molar-refractivity contribution in [2.24, 2.45) is 0 Å². The summed E-state index contributed by atoms with van der Waals surface area (Å²) in [7, 11) is 0. The molecule has 0 spiro atoms. The van der Waals surface area contributed by atoms with Crippen LogP contribution < -0.4 is 5.32 Å². The molecule has 1 aliphatic carbocycles. The number of aromatic nitrogens is 2. The van der Waals surface area contributed by atoms with Gasteiger partial charge >= 0.3 is 0 Å². The maximum Gasteiger partial charge on any atom is 0.148 e. The minimum absolute atomic E-state index is 0.620. The van der Waals surface area contributed by atoms with Gasteiger partial charge in [0.05, 0.1) is 5.69 Å². The van der Waals surface area contributed by atoms with Gasteiger partial charge in [0.15, 0.2) is 0 Å². The van der Waals surface area contributed by atoms with Crippen LogP contribution in [0.15, 0.2) is 36.4 Å². The molecule has 1 atom stereocenters. The van der Waals surface area contributed by atoms with Crippen molar-refractivity contribution in [3.63, 3.8) is 0 Å². The molecule has 1 aliphatic rings. The smallest absolute Gasteiger partial charge is 0.148 e. The van der Waals surface area contributed by atoms with Crippen LogP contribution in [0.25, 0.3) is 0 Å². The van der Waals surface area contributed by atoms with Gasteiger partial charge in [-0.2, -0.15) is 5.10 Å². The predicted molar refractivity (Wildman–Crippen MR) is 68.1 cm³/mol. The van der Waals surface area contributed by atoms with E-state index >= 15 is 0 Å². The van der Waals surface area contributed by atoms with E-state index in [4.69, 9.17) is 0 Å². The Kier molecular flexibility index (Phi) is 2.52. The van der Waals surface area contributed by atoms with Gasteiger partial charge in [0.2, 0.25) is 0 Å². The van der Waals surface area contributed by atoms with Crippen molar-refractivity contribution in [1.29, 1.82) is 0 Å². The number of aryl methyl sites for hydroxylation is 1. The number of rotatable bonds is 3. The molecule has 1 aromatic carbocycles. The van der Waals surface area contributed by atoms with Crippen LogP contribution in [0.3, 0.4) is 0 Å². The molecule has 0 fully saturated rings. The molecular formula is C14H15N3. The van der Waals surface area contributed by atoms with E-state index in [2.05, 4.69) is 39.8 Å². The summed E-state index contributed by atoms with van der Waals surface area (Å²) in [5.74, 6) is 1.48. The number of hydrogen-bond acceptors (Lipinski definition) is 3. The maximum atomic E-state index is 4.10. The first-order valence-corrected chi connectivity index (χ1v) is 5.95. The van der Waals surface area contributed by atoms with Gasteiger partial charge in [-0.15, -0.1) is 5.10 Å². The van der Waals surface area contributed by atoms with Crippen molar-refractivity contribution in [2.45, 2.75) is 19.3 Å². The fourth-order valence-corrected chi connectivity index (χ4v) is 2.27. The van der Waals surface area contributed by atoms with Gasteiger partial charge < -0.3 is 5.32 Å². The third-order valence-electron chi connectivity index (χ3n) is 3.29. The highest BCUT2D eigenvalue weighted by Crippen LogP contribution is 2.34. The van der Waals surface area contributed by atoms with Crippen LogP contribution in [0.5, 0.6) is 0 Å². The second-order valence-electron chi connectivity index (χ2n) is 4.54. The Morgan fingerprint density at radius 3 is 2.82 bits per heavy atom. The summed E-state index contributed by atoms with van der Waals surface area (Å²) in [4.78, 5) is 0. The lowest BCUT2D eigenvalue weighted by Crippen LogP contribution is -2.24. The van der Waals surface area contributed by atoms with Crippen molar-refractivity contribution < 1.29 is 0 Å². The quantitative estimate of drug-likeness (QED) is 0.872. The molecule has 3 heteroatoms. The molecule has 3 nitrogen and oxygen atoms in total. The van der Waals surface area contributed by atoms with Gasteiger partial charge in [0, 0.05) is 12.5 Å². The lowest BCUT2D eigenvalue weighted by molar-refractivity contribution is 0.634. The van der Waals surface area contributed by atoms with E-state index in [9.17, 15) is 0 Å². The minimum atomic E-state index is 0.620. The van der Waals surface area contributed by atoms with Crippen molar-refractivity contribution in [3.8, 4) is 0 Å². The number of fused-ring (bicyclic) bond motifs is 1. The SMILES string of the molecule is Cc1ccc(NCC2Cc3ccccc32)nn1. The van der Waals surface area contributed by atoms with Crippen LogP contribution in [0.2, 0.25) is 0 Å². The van der Waals surface area contributed by atoms with E-state index in [1.807, 2.05) is 19.1 Å². The second-order valence-corrected chi connectivity index (χ2v) is 4.54. The molecule has 1 N–H and O–H groups in total. The molecule has 2 aromatic rings. The maximum absolute atomic E-state index is 4.10. The molecule has 0 aliphatic heterocycles. The molecule has 1 heterocycles. The van der Waals surface area contributed by atoms with Crippen LogP contribution in [0.1, 0.15) is 22.7 Å². The fraction of sp³-hybridized carbons (Fsp3) is 0.286. The molecule has 0 saturated heterocycles. The molecule has 17 heavy (non-hydrogen) atoms. The summed E-state index contributed by atoms with van der Waals surface area (Å²) >= 11 is 0. The topological polar surface area (TPSA) is 37.8 Å². The number of nitrogens with one attached hydrogen (secondary N) is 1. The predicted octanol–water partition coefficient (Wildman–Crippen LogP) is 2.54. The van der Waals surface area contributed by atoms with Crippen LogP contribution in [0, 0.1) is 6.92 Å². The lowest BCUT2D eigenvalue weighted by Gasteiger charge is -2.30. The fourth-order valence-electron chi connectivity index (χ4n) is 2.27. The van der Waals surface area contributed by atoms with Gasteiger partial charge in [-0.05, 0) is 36.6 Å². The molecule has 86 valence electrons. The first kappa shape index (κ1) is 10.3. The Hall–Kier alpha value is -1.90. The summed E-state index contributed by atoms with van der Waals surface area (Å²) in [5, 5.41) is 11.5. The average molecular weight is 225 g/mol. The number of hydrogen-bond donors (Lipinski definition) is 1. The highest BCUT2D eigenvalue weighted by atomic mass is 15.2. The van der Waals surface area contributed by atoms with Gasteiger partial charge in [0.1, 0.15) is 5.82 Å². The third-order valence-corrected chi connectivity index (χ3v) is 3.29. The van der Waals surface area contributed by atoms with Gasteiger partial charge in [-0.3, -0.25) is 0 Å². The molecule has 1 aromatic heterocycles. The molecule has 0 bridgehead atoms. The summed E-state index contributed by atoms with van der Waals surface area (Å²) in [6.45, 7) is 2.88. The van der Waals surface area contributed by atoms with Crippen LogP contribution >= 0.6 is 0 Å². The zero-order valence-corrected chi connectivity index (χ0v) is 9.85. The second kappa shape index (κ2) is 4.17. The van der Waals surface area contributed by atoms with Crippen LogP contribution in [0.4, 0.5) is 5.82 Å². The summed E-state index contributed by atoms with van der Waals surface area (Å²) in [6.07, 6.45) is 1.17. The summed E-state index contributed by atoms with van der Waals surface area (Å²) in [5.41, 5.74) is 3.90.